The summed E-state index contributed by atoms with van der Waals surface area (Å²) in [5, 5.41) is 1.69. The molecular formula is C22H16ClF3N2O7S2. The Morgan fingerprint density at radius 3 is 2.14 bits per heavy atom. The summed E-state index contributed by atoms with van der Waals surface area (Å²) >= 11 is 5.96. The van der Waals surface area contributed by atoms with Gasteiger partial charge in [-0.05, 0) is 54.6 Å². The van der Waals surface area contributed by atoms with Gasteiger partial charge in [-0.3, -0.25) is 9.52 Å². The van der Waals surface area contributed by atoms with Crippen molar-refractivity contribution in [3.05, 3.63) is 82.6 Å². The quantitative estimate of drug-likeness (QED) is 0.308. The number of carbonyl (C=O) groups is 2. The molecule has 1 amide bonds. The number of benzene rings is 3. The van der Waals surface area contributed by atoms with Gasteiger partial charge in [0.15, 0.2) is 33.9 Å². The van der Waals surface area contributed by atoms with Crippen LogP contribution in [0.1, 0.15) is 10.4 Å². The van der Waals surface area contributed by atoms with Crippen molar-refractivity contribution in [2.75, 3.05) is 22.9 Å². The van der Waals surface area contributed by atoms with Gasteiger partial charge in [0.05, 0.1) is 26.1 Å². The Balaban J connectivity index is 1.71. The molecule has 0 bridgehead atoms. The molecule has 0 aliphatic carbocycles. The molecule has 0 aliphatic rings. The number of ether oxygens (including phenoxy) is 1. The number of rotatable bonds is 8. The molecule has 0 radical (unpaired) electrons. The second-order valence-electron chi connectivity index (χ2n) is 7.39. The van der Waals surface area contributed by atoms with Crippen molar-refractivity contribution in [3.8, 4) is 0 Å². The van der Waals surface area contributed by atoms with Crippen LogP contribution < -0.4 is 10.0 Å². The molecule has 15 heteroatoms. The molecule has 37 heavy (non-hydrogen) atoms. The molecule has 0 unspecified atom stereocenters. The minimum absolute atomic E-state index is 0.0247. The van der Waals surface area contributed by atoms with Gasteiger partial charge in [0.1, 0.15) is 0 Å². The maximum absolute atomic E-state index is 13.7. The first kappa shape index (κ1) is 28.0. The molecule has 0 saturated carbocycles. The van der Waals surface area contributed by atoms with Crippen molar-refractivity contribution in [1.82, 2.24) is 0 Å². The lowest BCUT2D eigenvalue weighted by atomic mass is 10.2. The largest absolute Gasteiger partial charge is 0.452 e. The van der Waals surface area contributed by atoms with Gasteiger partial charge >= 0.3 is 5.97 Å². The summed E-state index contributed by atoms with van der Waals surface area (Å²) in [5.41, 5.74) is -1.09. The van der Waals surface area contributed by atoms with Gasteiger partial charge in [0.25, 0.3) is 15.9 Å². The number of hydrogen-bond donors (Lipinski definition) is 2. The first-order chi connectivity index (χ1) is 17.2. The van der Waals surface area contributed by atoms with E-state index in [1.807, 2.05) is 5.32 Å². The van der Waals surface area contributed by atoms with E-state index in [9.17, 15) is 39.6 Å². The molecule has 0 spiro atoms. The van der Waals surface area contributed by atoms with E-state index < -0.39 is 71.9 Å². The molecular weight excluding hydrogens is 561 g/mol. The smallest absolute Gasteiger partial charge is 0.340 e. The Bertz CT molecular complexity index is 1600. The van der Waals surface area contributed by atoms with Crippen molar-refractivity contribution in [2.45, 2.75) is 9.79 Å². The number of sulfone groups is 1. The van der Waals surface area contributed by atoms with Crippen LogP contribution in [0.15, 0.2) is 64.4 Å². The Hall–Kier alpha value is -3.62. The normalized spacial score (nSPS) is 11.6. The minimum Gasteiger partial charge on any atom is -0.452 e. The maximum Gasteiger partial charge on any atom is 0.340 e. The summed E-state index contributed by atoms with van der Waals surface area (Å²) in [6.07, 6.45) is 0.991. The van der Waals surface area contributed by atoms with Crippen molar-refractivity contribution in [1.29, 1.82) is 0 Å². The van der Waals surface area contributed by atoms with Crippen LogP contribution in [0.5, 0.6) is 0 Å². The summed E-state index contributed by atoms with van der Waals surface area (Å²) in [6, 6.07) is 9.27. The van der Waals surface area contributed by atoms with E-state index in [2.05, 4.69) is 4.72 Å². The summed E-state index contributed by atoms with van der Waals surface area (Å²) in [5.74, 6) is -7.23. The molecule has 3 aromatic rings. The van der Waals surface area contributed by atoms with Crippen LogP contribution in [0.4, 0.5) is 24.5 Å². The molecule has 2 N–H and O–H groups in total. The lowest BCUT2D eigenvalue weighted by Crippen LogP contribution is -2.22. The van der Waals surface area contributed by atoms with Crippen molar-refractivity contribution in [2.24, 2.45) is 0 Å². The molecule has 9 nitrogen and oxygen atoms in total. The third-order valence-corrected chi connectivity index (χ3v) is 7.48. The van der Waals surface area contributed by atoms with E-state index in [0.29, 0.717) is 6.07 Å². The van der Waals surface area contributed by atoms with Gasteiger partial charge in [-0.25, -0.2) is 34.8 Å². The third kappa shape index (κ3) is 6.78. The van der Waals surface area contributed by atoms with Gasteiger partial charge in [0, 0.05) is 11.9 Å². The van der Waals surface area contributed by atoms with E-state index in [1.54, 1.807) is 0 Å². The first-order valence-corrected chi connectivity index (χ1v) is 13.7. The van der Waals surface area contributed by atoms with E-state index in [1.165, 1.54) is 24.3 Å². The highest BCUT2D eigenvalue weighted by molar-refractivity contribution is 7.92. The SMILES string of the molecule is CS(=O)(=O)c1ccc(NS(=O)(=O)c2ccc(Cl)c(C(=O)OCC(=O)Nc3ccc(F)c(F)c3F)c2)cc1. The predicted molar refractivity (Wildman–Crippen MR) is 127 cm³/mol. The lowest BCUT2D eigenvalue weighted by Gasteiger charge is -2.11. The number of esters is 1. The van der Waals surface area contributed by atoms with Crippen LogP contribution >= 0.6 is 11.6 Å². The van der Waals surface area contributed by atoms with Crippen LogP contribution in [0.3, 0.4) is 0 Å². The second kappa shape index (κ2) is 10.8. The standard InChI is InChI=1S/C22H16ClF3N2O7S2/c1-36(31,32)13-4-2-12(3-5-13)28-37(33,34)14-6-7-16(23)15(10-14)22(30)35-11-19(29)27-18-9-8-17(24)20(25)21(18)26/h2-10,28H,11H2,1H3,(H,27,29). The molecule has 0 saturated heterocycles. The molecule has 0 heterocycles. The average Bonchev–Trinajstić information content (AvgIpc) is 2.82. The average molecular weight is 577 g/mol. The molecule has 0 atom stereocenters. The molecule has 0 fully saturated rings. The van der Waals surface area contributed by atoms with E-state index in [0.717, 1.165) is 30.5 Å². The van der Waals surface area contributed by atoms with Gasteiger partial charge in [-0.2, -0.15) is 0 Å². The number of carbonyl (C=O) groups excluding carboxylic acids is 2. The summed E-state index contributed by atoms with van der Waals surface area (Å²) in [7, 11) is -7.76. The highest BCUT2D eigenvalue weighted by Gasteiger charge is 2.22. The van der Waals surface area contributed by atoms with Crippen molar-refractivity contribution < 1.29 is 44.3 Å². The van der Waals surface area contributed by atoms with Crippen LogP contribution in [0.25, 0.3) is 0 Å². The molecule has 196 valence electrons. The minimum atomic E-state index is -4.27. The van der Waals surface area contributed by atoms with Gasteiger partial charge in [0.2, 0.25) is 0 Å². The number of hydrogen-bond acceptors (Lipinski definition) is 7. The lowest BCUT2D eigenvalue weighted by molar-refractivity contribution is -0.119. The third-order valence-electron chi connectivity index (χ3n) is 4.65. The zero-order chi connectivity index (χ0) is 27.5. The maximum atomic E-state index is 13.7. The Kier molecular flexibility index (Phi) is 8.15. The van der Waals surface area contributed by atoms with Gasteiger partial charge < -0.3 is 10.1 Å². The number of anilines is 2. The number of nitrogens with one attached hydrogen (secondary N) is 2. The van der Waals surface area contributed by atoms with Crippen LogP contribution in [0, 0.1) is 17.5 Å². The summed E-state index contributed by atoms with van der Waals surface area (Å²) in [6.45, 7) is -0.991. The van der Waals surface area contributed by atoms with Crippen molar-refractivity contribution in [3.63, 3.8) is 0 Å². The number of sulfonamides is 1. The van der Waals surface area contributed by atoms with E-state index >= 15 is 0 Å². The number of halogens is 4. The Morgan fingerprint density at radius 1 is 0.892 bits per heavy atom. The zero-order valence-corrected chi connectivity index (χ0v) is 21.0. The fraction of sp³-hybridized carbons (Fsp3) is 0.0909. The molecule has 0 aliphatic heterocycles. The molecule has 0 aromatic heterocycles. The first-order valence-electron chi connectivity index (χ1n) is 9.92. The van der Waals surface area contributed by atoms with E-state index in [4.69, 9.17) is 16.3 Å². The van der Waals surface area contributed by atoms with Crippen molar-refractivity contribution >= 4 is 54.7 Å². The van der Waals surface area contributed by atoms with Crippen LogP contribution in [0.2, 0.25) is 5.02 Å². The van der Waals surface area contributed by atoms with Gasteiger partial charge in [-0.1, -0.05) is 11.6 Å². The number of amides is 1. The molecule has 3 aromatic carbocycles. The predicted octanol–water partition coefficient (Wildman–Crippen LogP) is 3.76. The van der Waals surface area contributed by atoms with Crippen LogP contribution in [-0.4, -0.2) is 41.6 Å². The second-order valence-corrected chi connectivity index (χ2v) is 11.5. The summed E-state index contributed by atoms with van der Waals surface area (Å²) in [4.78, 5) is 23.9. The van der Waals surface area contributed by atoms with Crippen LogP contribution in [-0.2, 0) is 29.4 Å². The summed E-state index contributed by atoms with van der Waals surface area (Å²) < 4.78 is 95.5. The highest BCUT2D eigenvalue weighted by Crippen LogP contribution is 2.24. The van der Waals surface area contributed by atoms with Gasteiger partial charge in [-0.15, -0.1) is 0 Å². The monoisotopic (exact) mass is 576 g/mol. The fourth-order valence-electron chi connectivity index (χ4n) is 2.83. The Morgan fingerprint density at radius 2 is 1.51 bits per heavy atom. The highest BCUT2D eigenvalue weighted by atomic mass is 35.5. The topological polar surface area (TPSA) is 136 Å². The van der Waals surface area contributed by atoms with E-state index in [-0.39, 0.29) is 15.6 Å². The Labute approximate surface area is 214 Å². The zero-order valence-electron chi connectivity index (χ0n) is 18.6. The fourth-order valence-corrected chi connectivity index (χ4v) is 4.74. The molecule has 3 rings (SSSR count).